The van der Waals surface area contributed by atoms with E-state index in [4.69, 9.17) is 9.47 Å². The van der Waals surface area contributed by atoms with E-state index in [1.165, 1.54) is 47.2 Å². The number of hydrogen-bond donors (Lipinski definition) is 0. The van der Waals surface area contributed by atoms with Gasteiger partial charge in [-0.15, -0.1) is 0 Å². The van der Waals surface area contributed by atoms with Crippen LogP contribution in [0.5, 0.6) is 0 Å². The number of halogens is 6. The maximum absolute atomic E-state index is 15.8. The number of para-hydroxylation sites is 2. The zero-order valence-corrected chi connectivity index (χ0v) is 23.2. The Morgan fingerprint density at radius 3 is 1.23 bits per heavy atom. The van der Waals surface area contributed by atoms with Crippen molar-refractivity contribution in [3.63, 3.8) is 0 Å². The number of methoxy groups -OCH3 is 2. The monoisotopic (exact) mass is 602 g/mol. The standard InChI is InChI=1S/C31H24F6N2O4/c1-17-21(15-23(27(40)42-3)38(17)19-11-7-5-8-12-19)25-26(30(34,35)31(36,37)29(25,32)33)22-16-24(28(41)43-4)39(18(22)2)20-13-9-6-10-14-20/h5-16H,1-4H3. The molecule has 0 bridgehead atoms. The molecule has 224 valence electrons. The van der Waals surface area contributed by atoms with Crippen LogP contribution in [0, 0.1) is 13.8 Å². The van der Waals surface area contributed by atoms with Crippen molar-refractivity contribution >= 4 is 23.1 Å². The summed E-state index contributed by atoms with van der Waals surface area (Å²) in [5.41, 5.74) is -5.33. The molecule has 0 atom stereocenters. The average molecular weight is 603 g/mol. The number of hydrogen-bond acceptors (Lipinski definition) is 4. The van der Waals surface area contributed by atoms with Crippen LogP contribution < -0.4 is 0 Å². The fourth-order valence-electron chi connectivity index (χ4n) is 5.48. The van der Waals surface area contributed by atoms with Gasteiger partial charge in [0, 0.05) is 45.0 Å². The Morgan fingerprint density at radius 2 is 0.930 bits per heavy atom. The Balaban J connectivity index is 1.92. The van der Waals surface area contributed by atoms with Crippen LogP contribution in [-0.2, 0) is 9.47 Å². The zero-order valence-electron chi connectivity index (χ0n) is 23.2. The van der Waals surface area contributed by atoms with Crippen LogP contribution in [0.2, 0.25) is 0 Å². The van der Waals surface area contributed by atoms with Crippen molar-refractivity contribution < 1.29 is 45.4 Å². The summed E-state index contributed by atoms with van der Waals surface area (Å²) in [6.45, 7) is 2.48. The summed E-state index contributed by atoms with van der Waals surface area (Å²) in [4.78, 5) is 25.4. The molecule has 0 spiro atoms. The first-order chi connectivity index (χ1) is 20.2. The number of nitrogens with zero attached hydrogens (tertiary/aromatic N) is 2. The van der Waals surface area contributed by atoms with E-state index in [1.54, 1.807) is 36.4 Å². The highest BCUT2D eigenvalue weighted by Crippen LogP contribution is 2.65. The minimum absolute atomic E-state index is 0.194. The Kier molecular flexibility index (Phi) is 7.06. The van der Waals surface area contributed by atoms with Crippen LogP contribution in [0.15, 0.2) is 72.8 Å². The number of rotatable bonds is 6. The first-order valence-electron chi connectivity index (χ1n) is 12.8. The van der Waals surface area contributed by atoms with E-state index >= 15 is 26.3 Å². The third-order valence-corrected chi connectivity index (χ3v) is 7.52. The molecule has 0 fully saturated rings. The number of carbonyl (C=O) groups excluding carboxylic acids is 2. The van der Waals surface area contributed by atoms with Gasteiger partial charge in [0.15, 0.2) is 0 Å². The van der Waals surface area contributed by atoms with E-state index in [-0.39, 0.29) is 34.2 Å². The molecule has 0 N–H and O–H groups in total. The number of carbonyl (C=O) groups is 2. The van der Waals surface area contributed by atoms with Crippen LogP contribution in [0.3, 0.4) is 0 Å². The summed E-state index contributed by atoms with van der Waals surface area (Å²) in [7, 11) is 2.06. The van der Waals surface area contributed by atoms with Gasteiger partial charge in [-0.3, -0.25) is 0 Å². The van der Waals surface area contributed by atoms with Crippen molar-refractivity contribution in [2.45, 2.75) is 31.6 Å². The maximum Gasteiger partial charge on any atom is 0.380 e. The van der Waals surface area contributed by atoms with Crippen molar-refractivity contribution in [3.05, 3.63) is 107 Å². The SMILES string of the molecule is COC(=O)c1cc(C2=C(c3cc(C(=O)OC)n(-c4ccccc4)c3C)C(F)(F)C(F)(F)C2(F)F)c(C)n1-c1ccccc1. The molecule has 0 radical (unpaired) electrons. The van der Waals surface area contributed by atoms with Crippen LogP contribution in [-0.4, -0.2) is 53.1 Å². The average Bonchev–Trinajstić information content (AvgIpc) is 3.54. The molecule has 43 heavy (non-hydrogen) atoms. The molecule has 4 aromatic rings. The summed E-state index contributed by atoms with van der Waals surface area (Å²) in [6.07, 6.45) is 0. The normalized spacial score (nSPS) is 16.8. The molecule has 1 aliphatic rings. The Bertz CT molecular complexity index is 1640. The minimum atomic E-state index is -5.87. The fraction of sp³-hybridized carbons (Fsp3) is 0.226. The molecule has 1 aliphatic carbocycles. The van der Waals surface area contributed by atoms with Crippen LogP contribution in [0.1, 0.15) is 43.5 Å². The maximum atomic E-state index is 15.8. The number of benzene rings is 2. The summed E-state index contributed by atoms with van der Waals surface area (Å²) in [5.74, 6) is -18.7. The minimum Gasteiger partial charge on any atom is -0.464 e. The molecular formula is C31H24F6N2O4. The van der Waals surface area contributed by atoms with Crippen molar-refractivity contribution in [1.82, 2.24) is 9.13 Å². The molecule has 12 heteroatoms. The van der Waals surface area contributed by atoms with Crippen molar-refractivity contribution in [1.29, 1.82) is 0 Å². The van der Waals surface area contributed by atoms with Gasteiger partial charge in [-0.2, -0.15) is 26.3 Å². The van der Waals surface area contributed by atoms with E-state index in [1.807, 2.05) is 0 Å². The van der Waals surface area contributed by atoms with E-state index in [2.05, 4.69) is 0 Å². The Morgan fingerprint density at radius 1 is 0.605 bits per heavy atom. The highest BCUT2D eigenvalue weighted by atomic mass is 19.3. The molecule has 6 nitrogen and oxygen atoms in total. The summed E-state index contributed by atoms with van der Waals surface area (Å²) in [6, 6.07) is 17.3. The second-order valence-corrected chi connectivity index (χ2v) is 9.86. The Hall–Kier alpha value is -4.74. The Labute approximate surface area is 241 Å². The van der Waals surface area contributed by atoms with Crippen molar-refractivity contribution in [2.75, 3.05) is 14.2 Å². The van der Waals surface area contributed by atoms with Gasteiger partial charge in [-0.25, -0.2) is 9.59 Å². The largest absolute Gasteiger partial charge is 0.464 e. The lowest BCUT2D eigenvalue weighted by Gasteiger charge is -2.25. The van der Waals surface area contributed by atoms with E-state index < -0.39 is 52.0 Å². The number of allylic oxidation sites excluding steroid dienone is 2. The molecule has 2 aromatic heterocycles. The van der Waals surface area contributed by atoms with Gasteiger partial charge < -0.3 is 18.6 Å². The summed E-state index contributed by atoms with van der Waals surface area (Å²) < 4.78 is 105. The number of aromatic nitrogens is 2. The van der Waals surface area contributed by atoms with Crippen LogP contribution >= 0.6 is 0 Å². The van der Waals surface area contributed by atoms with Crippen molar-refractivity contribution in [3.8, 4) is 11.4 Å². The van der Waals surface area contributed by atoms with Gasteiger partial charge in [0.1, 0.15) is 11.4 Å². The van der Waals surface area contributed by atoms with Crippen molar-refractivity contribution in [2.24, 2.45) is 0 Å². The first-order valence-corrected chi connectivity index (χ1v) is 12.8. The predicted octanol–water partition coefficient (Wildman–Crippen LogP) is 7.29. The molecule has 0 saturated carbocycles. The van der Waals surface area contributed by atoms with Gasteiger partial charge in [0.25, 0.3) is 0 Å². The third-order valence-electron chi connectivity index (χ3n) is 7.52. The van der Waals surface area contributed by atoms with E-state index in [0.717, 1.165) is 26.4 Å². The number of esters is 2. The van der Waals surface area contributed by atoms with Crippen LogP contribution in [0.4, 0.5) is 26.3 Å². The second kappa shape index (κ2) is 10.2. The lowest BCUT2D eigenvalue weighted by atomic mass is 9.94. The molecule has 0 saturated heterocycles. The molecular weight excluding hydrogens is 578 g/mol. The molecule has 0 amide bonds. The highest BCUT2D eigenvalue weighted by Gasteiger charge is 2.80. The molecule has 5 rings (SSSR count). The molecule has 2 heterocycles. The zero-order chi connectivity index (χ0) is 31.5. The molecule has 2 aromatic carbocycles. The van der Waals surface area contributed by atoms with Gasteiger partial charge in [0.05, 0.1) is 14.2 Å². The smallest absolute Gasteiger partial charge is 0.380 e. The van der Waals surface area contributed by atoms with E-state index in [9.17, 15) is 9.59 Å². The quantitative estimate of drug-likeness (QED) is 0.172. The molecule has 0 unspecified atom stereocenters. The first kappa shape index (κ1) is 29.7. The van der Waals surface area contributed by atoms with E-state index in [0.29, 0.717) is 0 Å². The number of alkyl halides is 6. The van der Waals surface area contributed by atoms with Gasteiger partial charge >= 0.3 is 29.7 Å². The third kappa shape index (κ3) is 4.18. The lowest BCUT2D eigenvalue weighted by molar-refractivity contribution is -0.254. The predicted molar refractivity (Wildman–Crippen MR) is 145 cm³/mol. The topological polar surface area (TPSA) is 62.5 Å². The lowest BCUT2D eigenvalue weighted by Crippen LogP contribution is -2.49. The summed E-state index contributed by atoms with van der Waals surface area (Å²) in [5, 5.41) is 0. The van der Waals surface area contributed by atoms with Crippen LogP contribution in [0.25, 0.3) is 22.5 Å². The number of ether oxygens (including phenoxy) is 2. The fourth-order valence-corrected chi connectivity index (χ4v) is 5.48. The summed E-state index contributed by atoms with van der Waals surface area (Å²) >= 11 is 0. The molecule has 0 aliphatic heterocycles. The second-order valence-electron chi connectivity index (χ2n) is 9.86. The van der Waals surface area contributed by atoms with Gasteiger partial charge in [-0.1, -0.05) is 36.4 Å². The highest BCUT2D eigenvalue weighted by molar-refractivity contribution is 6.04. The van der Waals surface area contributed by atoms with Gasteiger partial charge in [0.2, 0.25) is 0 Å². The van der Waals surface area contributed by atoms with Gasteiger partial charge in [-0.05, 0) is 50.2 Å².